The molecule has 0 spiro atoms. The van der Waals surface area contributed by atoms with Crippen molar-refractivity contribution in [1.82, 2.24) is 9.80 Å². The van der Waals surface area contributed by atoms with E-state index in [0.29, 0.717) is 36.6 Å². The number of methoxy groups -OCH3 is 2. The summed E-state index contributed by atoms with van der Waals surface area (Å²) >= 11 is 0. The lowest BCUT2D eigenvalue weighted by atomic mass is 9.90. The molecule has 0 saturated carbocycles. The molecule has 0 N–H and O–H groups in total. The van der Waals surface area contributed by atoms with Gasteiger partial charge in [-0.1, -0.05) is 18.2 Å². The van der Waals surface area contributed by atoms with E-state index in [1.807, 2.05) is 6.07 Å². The van der Waals surface area contributed by atoms with Gasteiger partial charge >= 0.3 is 0 Å². The van der Waals surface area contributed by atoms with Crippen molar-refractivity contribution in [2.75, 3.05) is 33.9 Å². The first kappa shape index (κ1) is 18.3. The first-order valence-corrected chi connectivity index (χ1v) is 9.12. The van der Waals surface area contributed by atoms with Crippen LogP contribution in [-0.2, 0) is 11.2 Å². The number of ether oxygens (including phenoxy) is 2. The van der Waals surface area contributed by atoms with Crippen molar-refractivity contribution in [2.24, 2.45) is 0 Å². The second-order valence-electron chi connectivity index (χ2n) is 6.88. The molecule has 0 radical (unpaired) electrons. The van der Waals surface area contributed by atoms with Crippen LogP contribution < -0.4 is 9.47 Å². The van der Waals surface area contributed by atoms with Crippen molar-refractivity contribution in [2.45, 2.75) is 12.5 Å². The molecule has 2 aliphatic heterocycles. The third-order valence-electron chi connectivity index (χ3n) is 5.46. The molecule has 2 aliphatic rings. The van der Waals surface area contributed by atoms with Crippen LogP contribution in [0.2, 0.25) is 0 Å². The van der Waals surface area contributed by atoms with Crippen LogP contribution >= 0.6 is 0 Å². The lowest BCUT2D eigenvalue weighted by Gasteiger charge is -2.44. The Bertz CT molecular complexity index is 924. The SMILES string of the molecule is COc1cccc(OC)c1C(=O)N1CC(=O)N2CCc3c(F)cccc3C2C1. The van der Waals surface area contributed by atoms with Crippen LogP contribution in [0.4, 0.5) is 4.39 Å². The van der Waals surface area contributed by atoms with Crippen LogP contribution in [0.1, 0.15) is 27.5 Å². The average Bonchev–Trinajstić information content (AvgIpc) is 2.72. The number of halogens is 1. The Morgan fingerprint density at radius 3 is 2.46 bits per heavy atom. The molecule has 1 fully saturated rings. The highest BCUT2D eigenvalue weighted by Crippen LogP contribution is 2.36. The molecule has 2 aromatic rings. The van der Waals surface area contributed by atoms with E-state index in [9.17, 15) is 14.0 Å². The van der Waals surface area contributed by atoms with Gasteiger partial charge in [0.05, 0.1) is 20.3 Å². The van der Waals surface area contributed by atoms with Gasteiger partial charge < -0.3 is 19.3 Å². The van der Waals surface area contributed by atoms with E-state index in [4.69, 9.17) is 9.47 Å². The highest BCUT2D eigenvalue weighted by Gasteiger charge is 2.40. The molecule has 1 saturated heterocycles. The van der Waals surface area contributed by atoms with E-state index in [-0.39, 0.29) is 35.8 Å². The number of amides is 2. The maximum atomic E-state index is 14.2. The zero-order valence-corrected chi connectivity index (χ0v) is 15.8. The number of carbonyl (C=O) groups is 2. The average molecular weight is 384 g/mol. The topological polar surface area (TPSA) is 59.1 Å². The van der Waals surface area contributed by atoms with Gasteiger partial charge in [0.15, 0.2) is 0 Å². The zero-order valence-electron chi connectivity index (χ0n) is 15.8. The van der Waals surface area contributed by atoms with Gasteiger partial charge in [0.25, 0.3) is 5.91 Å². The molecule has 2 heterocycles. The number of piperazine rings is 1. The number of hydrogen-bond acceptors (Lipinski definition) is 4. The predicted molar refractivity (Wildman–Crippen MR) is 100 cm³/mol. The fourth-order valence-corrected chi connectivity index (χ4v) is 4.10. The summed E-state index contributed by atoms with van der Waals surface area (Å²) in [4.78, 5) is 29.3. The minimum absolute atomic E-state index is 0.0266. The fourth-order valence-electron chi connectivity index (χ4n) is 4.10. The molecule has 28 heavy (non-hydrogen) atoms. The molecule has 6 nitrogen and oxygen atoms in total. The van der Waals surface area contributed by atoms with Crippen molar-refractivity contribution in [1.29, 1.82) is 0 Å². The van der Waals surface area contributed by atoms with Crippen molar-refractivity contribution in [3.63, 3.8) is 0 Å². The molecular formula is C21H21FN2O4. The number of hydrogen-bond donors (Lipinski definition) is 0. The smallest absolute Gasteiger partial charge is 0.261 e. The van der Waals surface area contributed by atoms with Gasteiger partial charge in [0, 0.05) is 13.1 Å². The normalized spacial score (nSPS) is 18.4. The first-order valence-electron chi connectivity index (χ1n) is 9.12. The molecule has 7 heteroatoms. The molecule has 1 atom stereocenters. The summed E-state index contributed by atoms with van der Waals surface area (Å²) in [6.45, 7) is 0.723. The second-order valence-corrected chi connectivity index (χ2v) is 6.88. The first-order chi connectivity index (χ1) is 13.5. The predicted octanol–water partition coefficient (Wildman–Crippen LogP) is 2.42. The standard InChI is InChI=1S/C21H21FN2O4/c1-27-17-7-4-8-18(28-2)20(17)21(26)23-11-16-14-5-3-6-15(22)13(14)9-10-24(16)19(25)12-23/h3-8,16H,9-12H2,1-2H3. The zero-order chi connectivity index (χ0) is 19.8. The minimum Gasteiger partial charge on any atom is -0.496 e. The minimum atomic E-state index is -0.356. The molecule has 4 rings (SSSR count). The van der Waals surface area contributed by atoms with E-state index in [2.05, 4.69) is 0 Å². The Hall–Kier alpha value is -3.09. The van der Waals surface area contributed by atoms with Crippen LogP contribution in [0.25, 0.3) is 0 Å². The van der Waals surface area contributed by atoms with Gasteiger partial charge in [0.2, 0.25) is 5.91 Å². The quantitative estimate of drug-likeness (QED) is 0.816. The lowest BCUT2D eigenvalue weighted by Crippen LogP contribution is -2.55. The number of fused-ring (bicyclic) bond motifs is 3. The summed E-state index contributed by atoms with van der Waals surface area (Å²) < 4.78 is 24.9. The summed E-state index contributed by atoms with van der Waals surface area (Å²) in [5.74, 6) is 0.0160. The van der Waals surface area contributed by atoms with Gasteiger partial charge in [-0.2, -0.15) is 0 Å². The highest BCUT2D eigenvalue weighted by atomic mass is 19.1. The van der Waals surface area contributed by atoms with Crippen LogP contribution in [0, 0.1) is 5.82 Å². The van der Waals surface area contributed by atoms with Crippen molar-refractivity contribution in [3.8, 4) is 11.5 Å². The van der Waals surface area contributed by atoms with E-state index in [1.165, 1.54) is 25.2 Å². The Labute approximate surface area is 162 Å². The molecule has 1 unspecified atom stereocenters. The lowest BCUT2D eigenvalue weighted by molar-refractivity contribution is -0.139. The summed E-state index contributed by atoms with van der Waals surface area (Å²) in [5, 5.41) is 0. The van der Waals surface area contributed by atoms with Crippen molar-refractivity contribution in [3.05, 3.63) is 58.9 Å². The molecule has 0 aliphatic carbocycles. The number of nitrogens with zero attached hydrogens (tertiary/aromatic N) is 2. The molecule has 2 aromatic carbocycles. The van der Waals surface area contributed by atoms with Gasteiger partial charge in [-0.3, -0.25) is 9.59 Å². The molecule has 0 aromatic heterocycles. The van der Waals surface area contributed by atoms with E-state index in [0.717, 1.165) is 5.56 Å². The van der Waals surface area contributed by atoms with Gasteiger partial charge in [0.1, 0.15) is 29.4 Å². The molecule has 2 amide bonds. The Morgan fingerprint density at radius 1 is 1.11 bits per heavy atom. The Morgan fingerprint density at radius 2 is 1.79 bits per heavy atom. The highest BCUT2D eigenvalue weighted by molar-refractivity contribution is 6.01. The van der Waals surface area contributed by atoms with Crippen LogP contribution in [-0.4, -0.2) is 55.5 Å². The number of rotatable bonds is 3. The summed E-state index contributed by atoms with van der Waals surface area (Å²) in [6.07, 6.45) is 0.485. The molecular weight excluding hydrogens is 363 g/mol. The Kier molecular flexibility index (Phi) is 4.66. The largest absolute Gasteiger partial charge is 0.496 e. The monoisotopic (exact) mass is 384 g/mol. The summed E-state index contributed by atoms with van der Waals surface area (Å²) in [7, 11) is 2.96. The van der Waals surface area contributed by atoms with Crippen LogP contribution in [0.15, 0.2) is 36.4 Å². The van der Waals surface area contributed by atoms with Crippen LogP contribution in [0.5, 0.6) is 11.5 Å². The van der Waals surface area contributed by atoms with Crippen molar-refractivity contribution >= 4 is 11.8 Å². The second kappa shape index (κ2) is 7.14. The third kappa shape index (κ3) is 2.87. The van der Waals surface area contributed by atoms with Crippen LogP contribution in [0.3, 0.4) is 0 Å². The summed E-state index contributed by atoms with van der Waals surface area (Å²) in [6, 6.07) is 9.65. The van der Waals surface area contributed by atoms with Gasteiger partial charge in [-0.15, -0.1) is 0 Å². The third-order valence-corrected chi connectivity index (χ3v) is 5.46. The molecule has 146 valence electrons. The maximum absolute atomic E-state index is 14.2. The van der Waals surface area contributed by atoms with E-state index < -0.39 is 0 Å². The Balaban J connectivity index is 1.70. The number of carbonyl (C=O) groups excluding carboxylic acids is 2. The fraction of sp³-hybridized carbons (Fsp3) is 0.333. The maximum Gasteiger partial charge on any atom is 0.261 e. The molecule has 0 bridgehead atoms. The van der Waals surface area contributed by atoms with E-state index in [1.54, 1.807) is 29.2 Å². The van der Waals surface area contributed by atoms with Gasteiger partial charge in [-0.25, -0.2) is 4.39 Å². The number of benzene rings is 2. The van der Waals surface area contributed by atoms with Crippen molar-refractivity contribution < 1.29 is 23.5 Å². The summed E-state index contributed by atoms with van der Waals surface area (Å²) in [5.41, 5.74) is 1.67. The van der Waals surface area contributed by atoms with Gasteiger partial charge in [-0.05, 0) is 35.7 Å². The van der Waals surface area contributed by atoms with E-state index >= 15 is 0 Å².